The van der Waals surface area contributed by atoms with Gasteiger partial charge in [0.15, 0.2) is 10.9 Å². The Morgan fingerprint density at radius 2 is 1.72 bits per heavy atom. The lowest BCUT2D eigenvalue weighted by Crippen LogP contribution is -2.34. The van der Waals surface area contributed by atoms with Gasteiger partial charge in [-0.05, 0) is 47.5 Å². The molecule has 0 aromatic heterocycles. The molecule has 132 valence electrons. The number of rotatable bonds is 2. The molecule has 0 aliphatic heterocycles. The summed E-state index contributed by atoms with van der Waals surface area (Å²) in [5, 5.41) is 15.6. The van der Waals surface area contributed by atoms with Crippen LogP contribution in [-0.2, 0) is 5.41 Å². The molecule has 4 nitrogen and oxygen atoms in total. The van der Waals surface area contributed by atoms with Gasteiger partial charge in [-0.2, -0.15) is 0 Å². The third-order valence-corrected chi connectivity index (χ3v) is 4.23. The second-order valence-corrected chi connectivity index (χ2v) is 7.77. The molecule has 0 saturated carbocycles. The largest absolute Gasteiger partial charge is 0.504 e. The van der Waals surface area contributed by atoms with Gasteiger partial charge in [0.2, 0.25) is 0 Å². The van der Waals surface area contributed by atoms with E-state index in [-0.39, 0.29) is 32.9 Å². The van der Waals surface area contributed by atoms with E-state index in [9.17, 15) is 9.90 Å². The van der Waals surface area contributed by atoms with Crippen LogP contribution in [0, 0.1) is 0 Å². The Morgan fingerprint density at radius 1 is 1.12 bits per heavy atom. The van der Waals surface area contributed by atoms with Gasteiger partial charge in [0, 0.05) is 10.6 Å². The number of carbonyl (C=O) groups is 1. The van der Waals surface area contributed by atoms with Crippen molar-refractivity contribution in [2.75, 3.05) is 5.32 Å². The highest BCUT2D eigenvalue weighted by molar-refractivity contribution is 7.80. The summed E-state index contributed by atoms with van der Waals surface area (Å²) < 4.78 is 0. The van der Waals surface area contributed by atoms with E-state index in [1.54, 1.807) is 12.1 Å². The predicted molar refractivity (Wildman–Crippen MR) is 107 cm³/mol. The average Bonchev–Trinajstić information content (AvgIpc) is 2.51. The first kappa shape index (κ1) is 19.5. The quantitative estimate of drug-likeness (QED) is 0.486. The van der Waals surface area contributed by atoms with Crippen LogP contribution in [0.2, 0.25) is 10.0 Å². The van der Waals surface area contributed by atoms with Crippen molar-refractivity contribution in [3.8, 4) is 5.75 Å². The minimum absolute atomic E-state index is 0.00916. The van der Waals surface area contributed by atoms with Crippen molar-refractivity contribution in [1.29, 1.82) is 0 Å². The third kappa shape index (κ3) is 5.08. The van der Waals surface area contributed by atoms with Crippen molar-refractivity contribution >= 4 is 52.1 Å². The highest BCUT2D eigenvalue weighted by atomic mass is 35.5. The van der Waals surface area contributed by atoms with Gasteiger partial charge in [0.25, 0.3) is 5.91 Å². The van der Waals surface area contributed by atoms with Crippen molar-refractivity contribution in [3.63, 3.8) is 0 Å². The number of aromatic hydroxyl groups is 1. The Morgan fingerprint density at radius 3 is 2.28 bits per heavy atom. The van der Waals surface area contributed by atoms with Crippen molar-refractivity contribution in [2.45, 2.75) is 26.2 Å². The number of thiocarbonyl (C=S) groups is 1. The van der Waals surface area contributed by atoms with Gasteiger partial charge in [0.1, 0.15) is 0 Å². The molecule has 0 unspecified atom stereocenters. The molecule has 0 heterocycles. The molecule has 7 heteroatoms. The molecule has 0 aliphatic carbocycles. The van der Waals surface area contributed by atoms with E-state index in [1.807, 2.05) is 12.1 Å². The number of anilines is 1. The molecular weight excluding hydrogens is 379 g/mol. The van der Waals surface area contributed by atoms with E-state index in [4.69, 9.17) is 35.4 Å². The number of nitrogens with one attached hydrogen (secondary N) is 2. The molecule has 0 spiro atoms. The number of phenolic OH excluding ortho intramolecular Hbond substituents is 1. The standard InChI is InChI=1S/C18H18Cl2N2O2S/c1-18(2,3)11-6-4-10(5-7-11)16(24)22-17(25)21-14-9-12(19)8-13(20)15(14)23/h4-9,23H,1-3H3,(H2,21,22,24,25). The van der Waals surface area contributed by atoms with Crippen LogP contribution in [0.5, 0.6) is 5.75 Å². The van der Waals surface area contributed by atoms with Crippen LogP contribution in [0.15, 0.2) is 36.4 Å². The summed E-state index contributed by atoms with van der Waals surface area (Å²) in [6.45, 7) is 6.30. The second kappa shape index (κ2) is 7.60. The Balaban J connectivity index is 2.07. The van der Waals surface area contributed by atoms with Crippen LogP contribution < -0.4 is 10.6 Å². The van der Waals surface area contributed by atoms with E-state index < -0.39 is 0 Å². The minimum atomic E-state index is -0.356. The molecule has 0 saturated heterocycles. The Hall–Kier alpha value is -1.82. The number of amides is 1. The number of halogens is 2. The molecule has 1 amide bonds. The van der Waals surface area contributed by atoms with Crippen LogP contribution in [0.1, 0.15) is 36.7 Å². The first-order chi connectivity index (χ1) is 11.6. The van der Waals surface area contributed by atoms with E-state index in [0.29, 0.717) is 10.6 Å². The van der Waals surface area contributed by atoms with Crippen LogP contribution in [0.25, 0.3) is 0 Å². The molecule has 3 N–H and O–H groups in total. The van der Waals surface area contributed by atoms with Crippen LogP contribution in [0.4, 0.5) is 5.69 Å². The highest BCUT2D eigenvalue weighted by Crippen LogP contribution is 2.34. The van der Waals surface area contributed by atoms with Crippen molar-refractivity contribution in [3.05, 3.63) is 57.6 Å². The SMILES string of the molecule is CC(C)(C)c1ccc(C(=O)NC(=S)Nc2cc(Cl)cc(Cl)c2O)cc1. The first-order valence-electron chi connectivity index (χ1n) is 7.49. The molecule has 25 heavy (non-hydrogen) atoms. The van der Waals surface area contributed by atoms with Gasteiger partial charge in [0.05, 0.1) is 10.7 Å². The van der Waals surface area contributed by atoms with E-state index in [2.05, 4.69) is 31.4 Å². The summed E-state index contributed by atoms with van der Waals surface area (Å²) in [4.78, 5) is 12.3. The summed E-state index contributed by atoms with van der Waals surface area (Å²) >= 11 is 16.8. The van der Waals surface area contributed by atoms with Gasteiger partial charge < -0.3 is 10.4 Å². The fraction of sp³-hybridized carbons (Fsp3) is 0.222. The van der Waals surface area contributed by atoms with Gasteiger partial charge >= 0.3 is 0 Å². The zero-order chi connectivity index (χ0) is 18.8. The molecular formula is C18H18Cl2N2O2S. The van der Waals surface area contributed by atoms with Crippen molar-refractivity contribution in [2.24, 2.45) is 0 Å². The molecule has 0 atom stereocenters. The number of benzene rings is 2. The molecule has 0 fully saturated rings. The number of hydrogen-bond donors (Lipinski definition) is 3. The van der Waals surface area contributed by atoms with Crippen LogP contribution in [0.3, 0.4) is 0 Å². The molecule has 2 aromatic carbocycles. The Labute approximate surface area is 162 Å². The zero-order valence-electron chi connectivity index (χ0n) is 14.0. The third-order valence-electron chi connectivity index (χ3n) is 3.52. The van der Waals surface area contributed by atoms with E-state index in [1.165, 1.54) is 12.1 Å². The normalized spacial score (nSPS) is 11.1. The molecule has 2 aromatic rings. The maximum atomic E-state index is 12.3. The number of hydrogen-bond acceptors (Lipinski definition) is 3. The summed E-state index contributed by atoms with van der Waals surface area (Å²) in [7, 11) is 0. The first-order valence-corrected chi connectivity index (χ1v) is 8.65. The van der Waals surface area contributed by atoms with Gasteiger partial charge in [-0.15, -0.1) is 0 Å². The fourth-order valence-corrected chi connectivity index (χ4v) is 2.81. The Kier molecular flexibility index (Phi) is 5.93. The maximum absolute atomic E-state index is 12.3. The zero-order valence-corrected chi connectivity index (χ0v) is 16.3. The maximum Gasteiger partial charge on any atom is 0.257 e. The van der Waals surface area contributed by atoms with Gasteiger partial charge in [-0.1, -0.05) is 56.1 Å². The summed E-state index contributed by atoms with van der Waals surface area (Å²) in [6.07, 6.45) is 0. The lowest BCUT2D eigenvalue weighted by Gasteiger charge is -2.19. The van der Waals surface area contributed by atoms with E-state index in [0.717, 1.165) is 5.56 Å². The lowest BCUT2D eigenvalue weighted by molar-refractivity contribution is 0.0977. The molecule has 2 rings (SSSR count). The van der Waals surface area contributed by atoms with E-state index >= 15 is 0 Å². The van der Waals surface area contributed by atoms with Crippen LogP contribution in [-0.4, -0.2) is 16.1 Å². The van der Waals surface area contributed by atoms with Crippen molar-refractivity contribution < 1.29 is 9.90 Å². The summed E-state index contributed by atoms with van der Waals surface area (Å²) in [6, 6.07) is 10.2. The number of carbonyl (C=O) groups excluding carboxylic acids is 1. The van der Waals surface area contributed by atoms with Gasteiger partial charge in [-0.25, -0.2) is 0 Å². The van der Waals surface area contributed by atoms with Gasteiger partial charge in [-0.3, -0.25) is 10.1 Å². The molecule has 0 aliphatic rings. The summed E-state index contributed by atoms with van der Waals surface area (Å²) in [5.74, 6) is -0.553. The molecule has 0 bridgehead atoms. The minimum Gasteiger partial charge on any atom is -0.504 e. The fourth-order valence-electron chi connectivity index (χ4n) is 2.11. The average molecular weight is 397 g/mol. The smallest absolute Gasteiger partial charge is 0.257 e. The van der Waals surface area contributed by atoms with Crippen LogP contribution >= 0.6 is 35.4 Å². The predicted octanol–water partition coefficient (Wildman–Crippen LogP) is 5.12. The monoisotopic (exact) mass is 396 g/mol. The lowest BCUT2D eigenvalue weighted by atomic mass is 9.87. The highest BCUT2D eigenvalue weighted by Gasteiger charge is 2.15. The van der Waals surface area contributed by atoms with Crippen molar-refractivity contribution in [1.82, 2.24) is 5.32 Å². The molecule has 0 radical (unpaired) electrons. The second-order valence-electron chi connectivity index (χ2n) is 6.52. The topological polar surface area (TPSA) is 61.4 Å². The summed E-state index contributed by atoms with van der Waals surface area (Å²) in [5.41, 5.74) is 1.83. The number of phenols is 1. The Bertz CT molecular complexity index is 815.